The predicted octanol–water partition coefficient (Wildman–Crippen LogP) is 3.36. The molecular formula is C18H19FN4. The average Bonchev–Trinajstić information content (AvgIpc) is 2.53. The van der Waals surface area contributed by atoms with Gasteiger partial charge in [-0.15, -0.1) is 0 Å². The summed E-state index contributed by atoms with van der Waals surface area (Å²) in [5, 5.41) is 0. The van der Waals surface area contributed by atoms with E-state index in [2.05, 4.69) is 15.0 Å². The maximum absolute atomic E-state index is 13.7. The first kappa shape index (κ1) is 15.3. The fraction of sp³-hybridized carbons (Fsp3) is 0.278. The van der Waals surface area contributed by atoms with Gasteiger partial charge in [-0.05, 0) is 31.1 Å². The molecule has 1 aromatic carbocycles. The minimum Gasteiger partial charge on any atom is -0.396 e. The molecule has 23 heavy (non-hydrogen) atoms. The third kappa shape index (κ3) is 3.80. The second kappa shape index (κ2) is 7.13. The quantitative estimate of drug-likeness (QED) is 0.861. The molecule has 3 rings (SSSR count). The van der Waals surface area contributed by atoms with E-state index < -0.39 is 0 Å². The number of nitrogens with zero attached hydrogens (tertiary/aromatic N) is 3. The Balaban J connectivity index is 1.83. The molecule has 0 spiro atoms. The first-order valence-corrected chi connectivity index (χ1v) is 7.76. The number of nitrogens with two attached hydrogens (primary N) is 1. The standard InChI is InChI=1S/C18H19FN4/c19-15-8-2-1-5-14(15)12-23-17(13-6-3-7-13)11-16(20)18-21-9-4-10-22-18/h1-2,4-5,8-11,13H,3,6-7,12,20H2. The number of rotatable bonds is 5. The van der Waals surface area contributed by atoms with Crippen LogP contribution in [0.5, 0.6) is 0 Å². The highest BCUT2D eigenvalue weighted by atomic mass is 19.1. The summed E-state index contributed by atoms with van der Waals surface area (Å²) in [6, 6.07) is 8.45. The molecule has 0 saturated heterocycles. The van der Waals surface area contributed by atoms with Crippen molar-refractivity contribution in [2.75, 3.05) is 0 Å². The Kier molecular flexibility index (Phi) is 4.76. The van der Waals surface area contributed by atoms with Crippen LogP contribution in [0.2, 0.25) is 0 Å². The molecule has 1 aliphatic carbocycles. The minimum atomic E-state index is -0.229. The van der Waals surface area contributed by atoms with Crippen molar-refractivity contribution in [1.82, 2.24) is 9.97 Å². The van der Waals surface area contributed by atoms with Crippen LogP contribution >= 0.6 is 0 Å². The van der Waals surface area contributed by atoms with Crippen LogP contribution < -0.4 is 5.73 Å². The highest BCUT2D eigenvalue weighted by Gasteiger charge is 2.22. The average molecular weight is 310 g/mol. The molecule has 1 aromatic heterocycles. The number of aliphatic imine (C=N–C) groups is 1. The van der Waals surface area contributed by atoms with Gasteiger partial charge in [0.05, 0.1) is 12.2 Å². The Morgan fingerprint density at radius 2 is 1.96 bits per heavy atom. The van der Waals surface area contributed by atoms with Gasteiger partial charge in [0.15, 0.2) is 5.82 Å². The van der Waals surface area contributed by atoms with Crippen molar-refractivity contribution >= 4 is 11.4 Å². The molecule has 4 nitrogen and oxygen atoms in total. The highest BCUT2D eigenvalue weighted by molar-refractivity contribution is 6.01. The monoisotopic (exact) mass is 310 g/mol. The van der Waals surface area contributed by atoms with Crippen molar-refractivity contribution in [1.29, 1.82) is 0 Å². The molecule has 1 saturated carbocycles. The van der Waals surface area contributed by atoms with E-state index in [-0.39, 0.29) is 5.82 Å². The van der Waals surface area contributed by atoms with Crippen molar-refractivity contribution in [3.05, 3.63) is 66.0 Å². The van der Waals surface area contributed by atoms with E-state index >= 15 is 0 Å². The summed E-state index contributed by atoms with van der Waals surface area (Å²) < 4.78 is 13.7. The minimum absolute atomic E-state index is 0.229. The first-order valence-electron chi connectivity index (χ1n) is 7.76. The Morgan fingerprint density at radius 3 is 2.61 bits per heavy atom. The van der Waals surface area contributed by atoms with Crippen LogP contribution in [0.15, 0.2) is 53.8 Å². The fourth-order valence-corrected chi connectivity index (χ4v) is 2.47. The van der Waals surface area contributed by atoms with Gasteiger partial charge in [-0.25, -0.2) is 14.4 Å². The van der Waals surface area contributed by atoms with Gasteiger partial charge < -0.3 is 5.73 Å². The number of hydrogen-bond donors (Lipinski definition) is 1. The lowest BCUT2D eigenvalue weighted by Crippen LogP contribution is -2.22. The topological polar surface area (TPSA) is 64.2 Å². The summed E-state index contributed by atoms with van der Waals surface area (Å²) >= 11 is 0. The zero-order valence-electron chi connectivity index (χ0n) is 12.8. The fourth-order valence-electron chi connectivity index (χ4n) is 2.47. The van der Waals surface area contributed by atoms with Crippen LogP contribution in [0.3, 0.4) is 0 Å². The molecule has 0 bridgehead atoms. The van der Waals surface area contributed by atoms with Crippen LogP contribution in [-0.2, 0) is 6.54 Å². The van der Waals surface area contributed by atoms with Crippen molar-refractivity contribution in [3.63, 3.8) is 0 Å². The molecule has 1 heterocycles. The van der Waals surface area contributed by atoms with Gasteiger partial charge in [0.25, 0.3) is 0 Å². The molecule has 0 atom stereocenters. The molecule has 1 fully saturated rings. The van der Waals surface area contributed by atoms with Crippen molar-refractivity contribution in [3.8, 4) is 0 Å². The van der Waals surface area contributed by atoms with Crippen LogP contribution in [0.25, 0.3) is 5.70 Å². The van der Waals surface area contributed by atoms with E-state index in [0.717, 1.165) is 18.6 Å². The molecular weight excluding hydrogens is 291 g/mol. The van der Waals surface area contributed by atoms with Crippen LogP contribution in [0, 0.1) is 11.7 Å². The number of halogens is 1. The van der Waals surface area contributed by atoms with E-state index in [9.17, 15) is 4.39 Å². The zero-order chi connectivity index (χ0) is 16.1. The lowest BCUT2D eigenvalue weighted by Gasteiger charge is -2.26. The third-order valence-electron chi connectivity index (χ3n) is 4.04. The Labute approximate surface area is 135 Å². The van der Waals surface area contributed by atoms with Gasteiger partial charge in [0.1, 0.15) is 5.82 Å². The first-order chi connectivity index (χ1) is 11.2. The predicted molar refractivity (Wildman–Crippen MR) is 89.1 cm³/mol. The summed E-state index contributed by atoms with van der Waals surface area (Å²) in [6.45, 7) is 0.317. The molecule has 0 amide bonds. The largest absolute Gasteiger partial charge is 0.396 e. The SMILES string of the molecule is NC(=CC(=NCc1ccccc1F)C1CCC1)c1ncccn1. The van der Waals surface area contributed by atoms with E-state index in [1.54, 1.807) is 30.6 Å². The molecule has 1 aliphatic rings. The molecule has 0 radical (unpaired) electrons. The Bertz CT molecular complexity index is 721. The van der Waals surface area contributed by atoms with Crippen molar-refractivity contribution < 1.29 is 4.39 Å². The Morgan fingerprint density at radius 1 is 1.22 bits per heavy atom. The maximum Gasteiger partial charge on any atom is 0.175 e. The summed E-state index contributed by atoms with van der Waals surface area (Å²) in [5.74, 6) is 0.655. The normalized spacial score (nSPS) is 16.2. The Hall–Kier alpha value is -2.56. The van der Waals surface area contributed by atoms with Gasteiger partial charge in [0, 0.05) is 29.6 Å². The molecule has 0 unspecified atom stereocenters. The van der Waals surface area contributed by atoms with Gasteiger partial charge >= 0.3 is 0 Å². The third-order valence-corrected chi connectivity index (χ3v) is 4.04. The van der Waals surface area contributed by atoms with E-state index in [0.29, 0.717) is 29.5 Å². The van der Waals surface area contributed by atoms with Crippen molar-refractivity contribution in [2.45, 2.75) is 25.8 Å². The molecule has 2 aromatic rings. The molecule has 5 heteroatoms. The number of allylic oxidation sites excluding steroid dienone is 1. The van der Waals surface area contributed by atoms with Gasteiger partial charge in [-0.2, -0.15) is 0 Å². The van der Waals surface area contributed by atoms with Gasteiger partial charge in [-0.3, -0.25) is 4.99 Å². The van der Waals surface area contributed by atoms with E-state index in [4.69, 9.17) is 5.73 Å². The van der Waals surface area contributed by atoms with Gasteiger partial charge in [-0.1, -0.05) is 24.6 Å². The summed E-state index contributed by atoms with van der Waals surface area (Å²) in [7, 11) is 0. The second-order valence-electron chi connectivity index (χ2n) is 5.63. The number of hydrogen-bond acceptors (Lipinski definition) is 4. The van der Waals surface area contributed by atoms with Crippen LogP contribution in [0.4, 0.5) is 4.39 Å². The van der Waals surface area contributed by atoms with Crippen molar-refractivity contribution in [2.24, 2.45) is 16.6 Å². The molecule has 0 aliphatic heterocycles. The zero-order valence-corrected chi connectivity index (χ0v) is 12.8. The van der Waals surface area contributed by atoms with Crippen LogP contribution in [0.1, 0.15) is 30.7 Å². The summed E-state index contributed by atoms with van der Waals surface area (Å²) in [6.07, 6.45) is 8.52. The second-order valence-corrected chi connectivity index (χ2v) is 5.63. The molecule has 2 N–H and O–H groups in total. The lowest BCUT2D eigenvalue weighted by atomic mass is 9.81. The van der Waals surface area contributed by atoms with E-state index in [1.807, 2.05) is 12.1 Å². The summed E-state index contributed by atoms with van der Waals surface area (Å²) in [5.41, 5.74) is 8.08. The highest BCUT2D eigenvalue weighted by Crippen LogP contribution is 2.29. The van der Waals surface area contributed by atoms with E-state index in [1.165, 1.54) is 12.5 Å². The number of aromatic nitrogens is 2. The summed E-state index contributed by atoms with van der Waals surface area (Å²) in [4.78, 5) is 12.9. The smallest absolute Gasteiger partial charge is 0.175 e. The molecule has 118 valence electrons. The maximum atomic E-state index is 13.7. The number of benzene rings is 1. The lowest BCUT2D eigenvalue weighted by molar-refractivity contribution is 0.414. The van der Waals surface area contributed by atoms with Gasteiger partial charge in [0.2, 0.25) is 0 Å². The van der Waals surface area contributed by atoms with Crippen LogP contribution in [-0.4, -0.2) is 15.7 Å².